The molecule has 2 nitrogen and oxygen atoms in total. The van der Waals surface area contributed by atoms with Crippen LogP contribution in [0.1, 0.15) is 101 Å². The van der Waals surface area contributed by atoms with Gasteiger partial charge < -0.3 is 9.64 Å². The van der Waals surface area contributed by atoms with Crippen molar-refractivity contribution in [3.05, 3.63) is 160 Å². The molecule has 0 bridgehead atoms. The highest BCUT2D eigenvalue weighted by molar-refractivity contribution is 5.97. The van der Waals surface area contributed by atoms with Crippen LogP contribution in [0, 0.1) is 0 Å². The van der Waals surface area contributed by atoms with Crippen molar-refractivity contribution in [3.8, 4) is 33.8 Å². The predicted molar refractivity (Wildman–Crippen MR) is 214 cm³/mol. The molecule has 0 fully saturated rings. The van der Waals surface area contributed by atoms with Crippen molar-refractivity contribution in [2.24, 2.45) is 0 Å². The zero-order chi connectivity index (χ0) is 35.7. The lowest BCUT2D eigenvalue weighted by molar-refractivity contribution is 0.477. The summed E-state index contributed by atoms with van der Waals surface area (Å²) in [6.07, 6.45) is 0. The van der Waals surface area contributed by atoms with Crippen molar-refractivity contribution in [3.63, 3.8) is 0 Å². The van der Waals surface area contributed by atoms with E-state index in [0.717, 1.165) is 28.6 Å². The van der Waals surface area contributed by atoms with E-state index in [0.29, 0.717) is 0 Å². The Balaban J connectivity index is 1.41. The first kappa shape index (κ1) is 31.9. The number of hydrogen-bond acceptors (Lipinski definition) is 2. The van der Waals surface area contributed by atoms with Crippen LogP contribution in [-0.2, 0) is 21.7 Å². The first-order chi connectivity index (χ1) is 24.2. The van der Waals surface area contributed by atoms with E-state index in [9.17, 15) is 0 Å². The van der Waals surface area contributed by atoms with Crippen LogP contribution < -0.4 is 9.64 Å². The maximum atomic E-state index is 6.45. The molecule has 254 valence electrons. The zero-order valence-electron chi connectivity index (χ0n) is 31.4. The van der Waals surface area contributed by atoms with Crippen molar-refractivity contribution in [2.45, 2.75) is 84.0 Å². The Hall–Kier alpha value is -5.08. The Morgan fingerprint density at radius 1 is 0.412 bits per heavy atom. The van der Waals surface area contributed by atoms with Gasteiger partial charge in [-0.05, 0) is 114 Å². The molecule has 2 heteroatoms. The van der Waals surface area contributed by atoms with Gasteiger partial charge in [0.1, 0.15) is 0 Å². The van der Waals surface area contributed by atoms with E-state index in [1.165, 1.54) is 61.2 Å². The minimum Gasteiger partial charge on any atom is -0.453 e. The lowest BCUT2D eigenvalue weighted by Crippen LogP contribution is -2.28. The molecule has 0 radical (unpaired) electrons. The largest absolute Gasteiger partial charge is 0.453 e. The average molecular weight is 666 g/mol. The Labute approximate surface area is 303 Å². The summed E-state index contributed by atoms with van der Waals surface area (Å²) in [6, 6.07) is 45.9. The fraction of sp³-hybridized carbons (Fsp3) is 0.265. The van der Waals surface area contributed by atoms with Gasteiger partial charge in [-0.3, -0.25) is 0 Å². The molecular weight excluding hydrogens is 619 g/mol. The van der Waals surface area contributed by atoms with Gasteiger partial charge in [-0.15, -0.1) is 0 Å². The van der Waals surface area contributed by atoms with E-state index in [2.05, 4.69) is 189 Å². The molecule has 0 saturated carbocycles. The number of rotatable bonds is 1. The summed E-state index contributed by atoms with van der Waals surface area (Å²) in [5.74, 6) is 1.73. The second kappa shape index (κ2) is 10.5. The number of hydrogen-bond donors (Lipinski definition) is 0. The molecule has 0 N–H and O–H groups in total. The van der Waals surface area contributed by atoms with E-state index in [-0.39, 0.29) is 16.2 Å². The highest BCUT2D eigenvalue weighted by atomic mass is 16.5. The summed E-state index contributed by atoms with van der Waals surface area (Å²) in [6.45, 7) is 21.0. The standard InChI is InChI=1S/C49H47NO/c1-46(2,3)30-18-22-34-35-23-19-31(47(4,5)6)27-39(35)49(38(34)26-30)40-28-32(48(7,8)9)20-24-36(40)37-25-21-33(29-41(37)49)50-42-14-10-12-16-44(42)51-45-17-13-11-15-43(45)50/h10-29H,1-9H3. The number of ether oxygens (including phenoxy) is 1. The SMILES string of the molecule is CC(C)(C)c1ccc2c(c1)C1(c3cc(N4c5ccccc5Oc5ccccc54)ccc3-2)c2cc(C(C)(C)C)ccc2-c2ccc(C(C)(C)C)cc21. The second-order valence-corrected chi connectivity index (χ2v) is 17.9. The molecule has 0 unspecified atom stereocenters. The van der Waals surface area contributed by atoms with Crippen molar-refractivity contribution in [1.29, 1.82) is 0 Å². The van der Waals surface area contributed by atoms with Gasteiger partial charge in [0, 0.05) is 5.69 Å². The van der Waals surface area contributed by atoms with Gasteiger partial charge in [-0.2, -0.15) is 0 Å². The van der Waals surface area contributed by atoms with Gasteiger partial charge in [-0.1, -0.05) is 147 Å². The lowest BCUT2D eigenvalue weighted by atomic mass is 9.68. The molecule has 9 rings (SSSR count). The number of fused-ring (bicyclic) bond motifs is 12. The zero-order valence-corrected chi connectivity index (χ0v) is 31.4. The fourth-order valence-electron chi connectivity index (χ4n) is 8.74. The molecule has 0 aromatic heterocycles. The predicted octanol–water partition coefficient (Wildman–Crippen LogP) is 13.5. The van der Waals surface area contributed by atoms with Gasteiger partial charge in [-0.25, -0.2) is 0 Å². The number of anilines is 3. The maximum Gasteiger partial charge on any atom is 0.151 e. The topological polar surface area (TPSA) is 12.5 Å². The number of para-hydroxylation sites is 4. The smallest absolute Gasteiger partial charge is 0.151 e. The van der Waals surface area contributed by atoms with Gasteiger partial charge in [0.2, 0.25) is 0 Å². The summed E-state index contributed by atoms with van der Waals surface area (Å²) < 4.78 is 6.45. The first-order valence-electron chi connectivity index (χ1n) is 18.4. The van der Waals surface area contributed by atoms with Crippen LogP contribution in [0.2, 0.25) is 0 Å². The van der Waals surface area contributed by atoms with Crippen LogP contribution in [0.5, 0.6) is 11.5 Å². The van der Waals surface area contributed by atoms with Gasteiger partial charge in [0.05, 0.1) is 16.8 Å². The molecule has 2 aliphatic carbocycles. The molecule has 3 aliphatic rings. The molecule has 0 amide bonds. The van der Waals surface area contributed by atoms with Crippen molar-refractivity contribution in [1.82, 2.24) is 0 Å². The Morgan fingerprint density at radius 2 is 0.765 bits per heavy atom. The number of nitrogens with zero attached hydrogens (tertiary/aromatic N) is 1. The Morgan fingerprint density at radius 3 is 1.16 bits per heavy atom. The minimum atomic E-state index is -0.486. The highest BCUT2D eigenvalue weighted by Gasteiger charge is 2.53. The minimum absolute atomic E-state index is 0.00214. The summed E-state index contributed by atoms with van der Waals surface area (Å²) >= 11 is 0. The molecule has 1 spiro atoms. The maximum absolute atomic E-state index is 6.45. The van der Waals surface area contributed by atoms with Crippen LogP contribution in [-0.4, -0.2) is 0 Å². The molecule has 1 aliphatic heterocycles. The summed E-state index contributed by atoms with van der Waals surface area (Å²) in [7, 11) is 0. The van der Waals surface area contributed by atoms with Gasteiger partial charge in [0.15, 0.2) is 11.5 Å². The lowest BCUT2D eigenvalue weighted by Gasteiger charge is -2.35. The summed E-state index contributed by atoms with van der Waals surface area (Å²) in [5.41, 5.74) is 17.7. The number of benzene rings is 6. The van der Waals surface area contributed by atoms with Crippen molar-refractivity contribution in [2.75, 3.05) is 4.90 Å². The summed E-state index contributed by atoms with van der Waals surface area (Å²) in [5, 5.41) is 0. The summed E-state index contributed by atoms with van der Waals surface area (Å²) in [4.78, 5) is 2.39. The van der Waals surface area contributed by atoms with E-state index < -0.39 is 5.41 Å². The van der Waals surface area contributed by atoms with E-state index in [1.807, 2.05) is 0 Å². The molecule has 0 saturated heterocycles. The van der Waals surface area contributed by atoms with Crippen LogP contribution in [0.25, 0.3) is 22.3 Å². The average Bonchev–Trinajstić information content (AvgIpc) is 3.55. The molecular formula is C49H47NO. The normalized spacial score (nSPS) is 15.0. The molecule has 51 heavy (non-hydrogen) atoms. The van der Waals surface area contributed by atoms with Crippen LogP contribution in [0.3, 0.4) is 0 Å². The van der Waals surface area contributed by atoms with Gasteiger partial charge in [0.25, 0.3) is 0 Å². The van der Waals surface area contributed by atoms with Crippen molar-refractivity contribution >= 4 is 17.1 Å². The van der Waals surface area contributed by atoms with E-state index >= 15 is 0 Å². The molecule has 0 atom stereocenters. The van der Waals surface area contributed by atoms with Crippen LogP contribution in [0.4, 0.5) is 17.1 Å². The third-order valence-corrected chi connectivity index (χ3v) is 11.5. The van der Waals surface area contributed by atoms with Crippen molar-refractivity contribution < 1.29 is 4.74 Å². The monoisotopic (exact) mass is 665 g/mol. The van der Waals surface area contributed by atoms with Gasteiger partial charge >= 0.3 is 0 Å². The Bertz CT molecular complexity index is 2260. The second-order valence-electron chi connectivity index (χ2n) is 17.9. The third-order valence-electron chi connectivity index (χ3n) is 11.5. The first-order valence-corrected chi connectivity index (χ1v) is 18.4. The Kier molecular flexibility index (Phi) is 6.55. The van der Waals surface area contributed by atoms with E-state index in [1.54, 1.807) is 0 Å². The third kappa shape index (κ3) is 4.55. The fourth-order valence-corrected chi connectivity index (χ4v) is 8.74. The molecule has 6 aromatic rings. The quantitative estimate of drug-likeness (QED) is 0.173. The van der Waals surface area contributed by atoms with Crippen LogP contribution >= 0.6 is 0 Å². The highest BCUT2D eigenvalue weighted by Crippen LogP contribution is 2.65. The molecule has 1 heterocycles. The molecule has 6 aromatic carbocycles. The van der Waals surface area contributed by atoms with E-state index in [4.69, 9.17) is 4.74 Å². The van der Waals surface area contributed by atoms with Crippen LogP contribution in [0.15, 0.2) is 121 Å².